The zero-order valence-corrected chi connectivity index (χ0v) is 15.0. The Labute approximate surface area is 148 Å². The van der Waals surface area contributed by atoms with E-state index in [0.717, 1.165) is 5.56 Å². The number of nitrogens with zero attached hydrogens (tertiary/aromatic N) is 1. The van der Waals surface area contributed by atoms with E-state index in [1.165, 1.54) is 23.7 Å². The number of aryl methyl sites for hydroxylation is 1. The first-order chi connectivity index (χ1) is 11.8. The van der Waals surface area contributed by atoms with Gasteiger partial charge in [0.1, 0.15) is 10.6 Å². The number of fused-ring (bicyclic) bond motifs is 1. The molecule has 2 aromatic carbocycles. The average molecular weight is 383 g/mol. The van der Waals surface area contributed by atoms with Gasteiger partial charge in [-0.05, 0) is 23.8 Å². The van der Waals surface area contributed by atoms with Gasteiger partial charge in [0.05, 0.1) is 17.6 Å². The van der Waals surface area contributed by atoms with Gasteiger partial charge in [0.2, 0.25) is 10.0 Å². The van der Waals surface area contributed by atoms with Gasteiger partial charge in [-0.2, -0.15) is 0 Å². The number of halogens is 1. The number of nitrogens with one attached hydrogen (secondary N) is 1. The van der Waals surface area contributed by atoms with Gasteiger partial charge in [-0.1, -0.05) is 23.7 Å². The van der Waals surface area contributed by atoms with E-state index in [1.807, 2.05) is 0 Å². The molecule has 3 aromatic rings. The fourth-order valence-corrected chi connectivity index (χ4v) is 3.89. The molecular formula is C16H15ClN2O5S. The molecule has 0 aliphatic heterocycles. The number of oxazole rings is 1. The zero-order valence-electron chi connectivity index (χ0n) is 13.4. The van der Waals surface area contributed by atoms with Gasteiger partial charge >= 0.3 is 5.76 Å². The SMILES string of the molecule is COc1ccc(CNS(=O)(=O)c2cc3oc(=O)n(C)c3cc2Cl)cc1. The number of ether oxygens (including phenoxy) is 1. The topological polar surface area (TPSA) is 90.5 Å². The minimum atomic E-state index is -3.88. The lowest BCUT2D eigenvalue weighted by Crippen LogP contribution is -2.23. The quantitative estimate of drug-likeness (QED) is 0.731. The maximum Gasteiger partial charge on any atom is 0.419 e. The van der Waals surface area contributed by atoms with Gasteiger partial charge in [-0.15, -0.1) is 0 Å². The number of aromatic nitrogens is 1. The second-order valence-corrected chi connectivity index (χ2v) is 7.49. The van der Waals surface area contributed by atoms with Gasteiger partial charge in [-0.25, -0.2) is 17.9 Å². The lowest BCUT2D eigenvalue weighted by atomic mass is 10.2. The summed E-state index contributed by atoms with van der Waals surface area (Å²) in [6.45, 7) is 0.0828. The number of benzene rings is 2. The molecule has 0 saturated carbocycles. The fraction of sp³-hybridized carbons (Fsp3) is 0.188. The van der Waals surface area contributed by atoms with Crippen molar-refractivity contribution in [2.75, 3.05) is 7.11 Å². The summed E-state index contributed by atoms with van der Waals surface area (Å²) < 4.78 is 38.9. The standard InChI is InChI=1S/C16H15ClN2O5S/c1-19-13-7-12(17)15(8-14(13)24-16(19)20)25(21,22)18-9-10-3-5-11(23-2)6-4-10/h3-8,18H,9H2,1-2H3. The van der Waals surface area contributed by atoms with Crippen molar-refractivity contribution >= 4 is 32.7 Å². The van der Waals surface area contributed by atoms with Crippen LogP contribution in [0.2, 0.25) is 5.02 Å². The number of hydrogen-bond donors (Lipinski definition) is 1. The predicted octanol–water partition coefficient (Wildman–Crippen LogP) is 2.27. The summed E-state index contributed by atoms with van der Waals surface area (Å²) in [6.07, 6.45) is 0. The third-order valence-electron chi connectivity index (χ3n) is 3.76. The van der Waals surface area contributed by atoms with Gasteiger partial charge in [0, 0.05) is 19.7 Å². The van der Waals surface area contributed by atoms with E-state index in [1.54, 1.807) is 31.4 Å². The van der Waals surface area contributed by atoms with Crippen LogP contribution in [-0.2, 0) is 23.6 Å². The average Bonchev–Trinajstić information content (AvgIpc) is 2.87. The summed E-state index contributed by atoms with van der Waals surface area (Å²) in [5.41, 5.74) is 1.33. The van der Waals surface area contributed by atoms with E-state index in [0.29, 0.717) is 11.3 Å². The monoisotopic (exact) mass is 382 g/mol. The van der Waals surface area contributed by atoms with Gasteiger partial charge in [0.15, 0.2) is 5.58 Å². The molecule has 0 radical (unpaired) electrons. The molecule has 0 unspecified atom stereocenters. The molecule has 7 nitrogen and oxygen atoms in total. The Balaban J connectivity index is 1.89. The van der Waals surface area contributed by atoms with Crippen molar-refractivity contribution in [3.8, 4) is 5.75 Å². The van der Waals surface area contributed by atoms with Crippen LogP contribution in [0.4, 0.5) is 0 Å². The Morgan fingerprint density at radius 3 is 2.56 bits per heavy atom. The van der Waals surface area contributed by atoms with Gasteiger partial charge in [-0.3, -0.25) is 4.57 Å². The molecule has 0 fully saturated rings. The first-order valence-electron chi connectivity index (χ1n) is 7.23. The first kappa shape index (κ1) is 17.5. The van der Waals surface area contributed by atoms with Crippen LogP contribution in [0.3, 0.4) is 0 Å². The molecule has 1 heterocycles. The third kappa shape index (κ3) is 3.41. The van der Waals surface area contributed by atoms with Crippen LogP contribution in [0.1, 0.15) is 5.56 Å². The Morgan fingerprint density at radius 2 is 1.92 bits per heavy atom. The van der Waals surface area contributed by atoms with Crippen LogP contribution in [0.15, 0.2) is 50.5 Å². The first-order valence-corrected chi connectivity index (χ1v) is 9.09. The summed E-state index contributed by atoms with van der Waals surface area (Å²) >= 11 is 6.10. The molecule has 0 amide bonds. The summed E-state index contributed by atoms with van der Waals surface area (Å²) in [5.74, 6) is 0.0889. The maximum atomic E-state index is 12.5. The second kappa shape index (κ2) is 6.55. The summed E-state index contributed by atoms with van der Waals surface area (Å²) in [7, 11) is -0.817. The van der Waals surface area contributed by atoms with Crippen LogP contribution in [0, 0.1) is 0 Å². The summed E-state index contributed by atoms with van der Waals surface area (Å²) in [4.78, 5) is 11.4. The van der Waals surface area contributed by atoms with Crippen molar-refractivity contribution in [2.45, 2.75) is 11.4 Å². The summed E-state index contributed by atoms with van der Waals surface area (Å²) in [6, 6.07) is 9.62. The molecule has 0 bridgehead atoms. The Hall–Kier alpha value is -2.29. The second-order valence-electron chi connectivity index (χ2n) is 5.35. The molecular weight excluding hydrogens is 368 g/mol. The van der Waals surface area contributed by atoms with Gasteiger partial charge < -0.3 is 9.15 Å². The van der Waals surface area contributed by atoms with Crippen LogP contribution in [0.5, 0.6) is 5.75 Å². The minimum absolute atomic E-state index is 0.00568. The number of rotatable bonds is 5. The van der Waals surface area contributed by atoms with E-state index in [2.05, 4.69) is 4.72 Å². The molecule has 9 heteroatoms. The van der Waals surface area contributed by atoms with Crippen molar-refractivity contribution in [1.82, 2.24) is 9.29 Å². The Morgan fingerprint density at radius 1 is 1.24 bits per heavy atom. The highest BCUT2D eigenvalue weighted by molar-refractivity contribution is 7.89. The highest BCUT2D eigenvalue weighted by atomic mass is 35.5. The molecule has 1 N–H and O–H groups in total. The molecule has 3 rings (SSSR count). The zero-order chi connectivity index (χ0) is 18.2. The van der Waals surface area contributed by atoms with Crippen LogP contribution in [0.25, 0.3) is 11.1 Å². The Bertz CT molecular complexity index is 1080. The largest absolute Gasteiger partial charge is 0.497 e. The van der Waals surface area contributed by atoms with Crippen LogP contribution < -0.4 is 15.2 Å². The van der Waals surface area contributed by atoms with E-state index in [9.17, 15) is 13.2 Å². The molecule has 0 saturated heterocycles. The third-order valence-corrected chi connectivity index (χ3v) is 5.63. The highest BCUT2D eigenvalue weighted by Crippen LogP contribution is 2.27. The fourth-order valence-electron chi connectivity index (χ4n) is 2.33. The van der Waals surface area contributed by atoms with Gasteiger partial charge in [0.25, 0.3) is 0 Å². The Kier molecular flexibility index (Phi) is 4.59. The molecule has 0 spiro atoms. The predicted molar refractivity (Wildman–Crippen MR) is 93.5 cm³/mol. The highest BCUT2D eigenvalue weighted by Gasteiger charge is 2.21. The molecule has 1 aromatic heterocycles. The van der Waals surface area contributed by atoms with Crippen molar-refractivity contribution < 1.29 is 17.6 Å². The van der Waals surface area contributed by atoms with Crippen molar-refractivity contribution in [2.24, 2.45) is 7.05 Å². The number of sulfonamides is 1. The molecule has 0 aliphatic rings. The van der Waals surface area contributed by atoms with Crippen molar-refractivity contribution in [3.63, 3.8) is 0 Å². The normalized spacial score (nSPS) is 11.8. The van der Waals surface area contributed by atoms with Crippen LogP contribution in [-0.4, -0.2) is 20.1 Å². The van der Waals surface area contributed by atoms with E-state index in [-0.39, 0.29) is 22.0 Å². The number of hydrogen-bond acceptors (Lipinski definition) is 5. The lowest BCUT2D eigenvalue weighted by molar-refractivity contribution is 0.414. The van der Waals surface area contributed by atoms with Crippen molar-refractivity contribution in [3.05, 3.63) is 57.5 Å². The molecule has 0 atom stereocenters. The maximum absolute atomic E-state index is 12.5. The van der Waals surface area contributed by atoms with E-state index in [4.69, 9.17) is 20.8 Å². The molecule has 0 aliphatic carbocycles. The number of methoxy groups -OCH3 is 1. The molecule has 132 valence electrons. The lowest BCUT2D eigenvalue weighted by Gasteiger charge is -2.09. The van der Waals surface area contributed by atoms with E-state index < -0.39 is 15.8 Å². The molecule has 25 heavy (non-hydrogen) atoms. The van der Waals surface area contributed by atoms with Crippen molar-refractivity contribution in [1.29, 1.82) is 0 Å². The minimum Gasteiger partial charge on any atom is -0.497 e. The van der Waals surface area contributed by atoms with Crippen LogP contribution >= 0.6 is 11.6 Å². The smallest absolute Gasteiger partial charge is 0.419 e. The van der Waals surface area contributed by atoms with E-state index >= 15 is 0 Å². The summed E-state index contributed by atoms with van der Waals surface area (Å²) in [5, 5.41) is 0.00568.